The van der Waals surface area contributed by atoms with Crippen LogP contribution >= 0.6 is 0 Å². The highest BCUT2D eigenvalue weighted by Gasteiger charge is 2.33. The molecule has 1 aromatic rings. The molecule has 2 aliphatic rings. The van der Waals surface area contributed by atoms with Gasteiger partial charge in [-0.1, -0.05) is 0 Å². The third kappa shape index (κ3) is 3.47. The molecule has 0 spiro atoms. The lowest BCUT2D eigenvalue weighted by Gasteiger charge is -2.33. The summed E-state index contributed by atoms with van der Waals surface area (Å²) in [5.74, 6) is -0.262. The lowest BCUT2D eigenvalue weighted by Crippen LogP contribution is -2.45. The first kappa shape index (κ1) is 14.2. The van der Waals surface area contributed by atoms with Gasteiger partial charge in [-0.05, 0) is 31.6 Å². The Bertz CT molecular complexity index is 498. The van der Waals surface area contributed by atoms with Crippen LogP contribution in [0, 0.1) is 11.7 Å². The van der Waals surface area contributed by atoms with Crippen molar-refractivity contribution in [3.05, 3.63) is 18.2 Å². The van der Waals surface area contributed by atoms with Gasteiger partial charge in [0.05, 0.1) is 12.4 Å². The number of anilines is 1. The number of rotatable bonds is 4. The summed E-state index contributed by atoms with van der Waals surface area (Å²) in [6.07, 6.45) is 4.76. The average molecular weight is 294 g/mol. The second-order valence-electron chi connectivity index (χ2n) is 5.75. The van der Waals surface area contributed by atoms with Gasteiger partial charge in [0.2, 0.25) is 11.9 Å². The highest BCUT2D eigenvalue weighted by Crippen LogP contribution is 2.25. The summed E-state index contributed by atoms with van der Waals surface area (Å²) in [5, 5.41) is 12.9. The van der Waals surface area contributed by atoms with E-state index in [-0.39, 0.29) is 17.9 Å². The Morgan fingerprint density at radius 2 is 1.90 bits per heavy atom. The van der Waals surface area contributed by atoms with Crippen molar-refractivity contribution in [2.45, 2.75) is 37.8 Å². The van der Waals surface area contributed by atoms with E-state index in [9.17, 15) is 14.3 Å². The standard InChI is InChI=1S/C14H19FN4O2/c15-10-7-16-14(17-8-10)19-5-3-9(4-6-19)12(20)13(21)18-11-1-2-11/h7-9,11-12,20H,1-6H2,(H,18,21)/t12-/m1/s1. The second kappa shape index (κ2) is 5.93. The van der Waals surface area contributed by atoms with Crippen molar-refractivity contribution in [3.8, 4) is 0 Å². The minimum Gasteiger partial charge on any atom is -0.383 e. The summed E-state index contributed by atoms with van der Waals surface area (Å²) in [4.78, 5) is 21.7. The summed E-state index contributed by atoms with van der Waals surface area (Å²) in [5.41, 5.74) is 0. The Morgan fingerprint density at radius 1 is 1.29 bits per heavy atom. The number of nitrogens with zero attached hydrogens (tertiary/aromatic N) is 3. The maximum Gasteiger partial charge on any atom is 0.249 e. The normalized spacial score (nSPS) is 21.1. The van der Waals surface area contributed by atoms with E-state index in [0.29, 0.717) is 31.9 Å². The first-order chi connectivity index (χ1) is 10.1. The van der Waals surface area contributed by atoms with Gasteiger partial charge < -0.3 is 15.3 Å². The molecule has 2 fully saturated rings. The van der Waals surface area contributed by atoms with Crippen molar-refractivity contribution in [2.24, 2.45) is 5.92 Å². The Labute approximate surface area is 122 Å². The minimum absolute atomic E-state index is 0.0413. The first-order valence-electron chi connectivity index (χ1n) is 7.34. The van der Waals surface area contributed by atoms with Gasteiger partial charge in [0.25, 0.3) is 0 Å². The van der Waals surface area contributed by atoms with Gasteiger partial charge in [0.1, 0.15) is 6.10 Å². The summed E-state index contributed by atoms with van der Waals surface area (Å²) in [6, 6.07) is 0.264. The molecule has 0 radical (unpaired) electrons. The van der Waals surface area contributed by atoms with E-state index in [1.54, 1.807) is 0 Å². The van der Waals surface area contributed by atoms with Gasteiger partial charge in [-0.3, -0.25) is 4.79 Å². The number of amides is 1. The first-order valence-corrected chi connectivity index (χ1v) is 7.34. The predicted octanol–water partition coefficient (Wildman–Crippen LogP) is 0.472. The van der Waals surface area contributed by atoms with Gasteiger partial charge in [-0.2, -0.15) is 0 Å². The third-order valence-corrected chi connectivity index (χ3v) is 4.07. The molecule has 1 aliphatic carbocycles. The molecule has 6 nitrogen and oxygen atoms in total. The molecule has 0 aromatic carbocycles. The fourth-order valence-electron chi connectivity index (χ4n) is 2.61. The van der Waals surface area contributed by atoms with Gasteiger partial charge in [0, 0.05) is 19.1 Å². The topological polar surface area (TPSA) is 78.4 Å². The van der Waals surface area contributed by atoms with Crippen LogP contribution < -0.4 is 10.2 Å². The van der Waals surface area contributed by atoms with Gasteiger partial charge >= 0.3 is 0 Å². The fraction of sp³-hybridized carbons (Fsp3) is 0.643. The molecule has 0 unspecified atom stereocenters. The lowest BCUT2D eigenvalue weighted by molar-refractivity contribution is -0.132. The SMILES string of the molecule is O=C(NC1CC1)[C@H](O)C1CCN(c2ncc(F)cn2)CC1. The van der Waals surface area contributed by atoms with E-state index >= 15 is 0 Å². The van der Waals surface area contributed by atoms with E-state index in [1.807, 2.05) is 4.90 Å². The molecule has 3 rings (SSSR count). The fourth-order valence-corrected chi connectivity index (χ4v) is 2.61. The molecule has 1 aliphatic heterocycles. The molecule has 1 amide bonds. The number of nitrogens with one attached hydrogen (secondary N) is 1. The molecule has 7 heteroatoms. The van der Waals surface area contributed by atoms with Crippen LogP contribution in [-0.2, 0) is 4.79 Å². The van der Waals surface area contributed by atoms with Crippen LogP contribution in [0.15, 0.2) is 12.4 Å². The van der Waals surface area contributed by atoms with Crippen LogP contribution in [0.2, 0.25) is 0 Å². The van der Waals surface area contributed by atoms with E-state index in [1.165, 1.54) is 0 Å². The number of aliphatic hydroxyl groups is 1. The van der Waals surface area contributed by atoms with Crippen LogP contribution in [0.4, 0.5) is 10.3 Å². The number of aromatic nitrogens is 2. The number of halogens is 1. The number of aliphatic hydroxyl groups excluding tert-OH is 1. The van der Waals surface area contributed by atoms with Gasteiger partial charge in [-0.25, -0.2) is 14.4 Å². The van der Waals surface area contributed by atoms with E-state index < -0.39 is 11.9 Å². The van der Waals surface area contributed by atoms with Crippen molar-refractivity contribution in [1.82, 2.24) is 15.3 Å². The van der Waals surface area contributed by atoms with E-state index in [4.69, 9.17) is 0 Å². The number of carbonyl (C=O) groups is 1. The number of hydrogen-bond acceptors (Lipinski definition) is 5. The maximum atomic E-state index is 12.8. The average Bonchev–Trinajstić information content (AvgIpc) is 3.31. The Balaban J connectivity index is 1.52. The Kier molecular flexibility index (Phi) is 4.01. The van der Waals surface area contributed by atoms with Crippen LogP contribution in [0.1, 0.15) is 25.7 Å². The Hall–Kier alpha value is -1.76. The quantitative estimate of drug-likeness (QED) is 0.844. The minimum atomic E-state index is -0.943. The molecule has 1 atom stereocenters. The van der Waals surface area contributed by atoms with Gasteiger partial charge in [-0.15, -0.1) is 0 Å². The summed E-state index contributed by atoms with van der Waals surface area (Å²) < 4.78 is 12.8. The summed E-state index contributed by atoms with van der Waals surface area (Å²) >= 11 is 0. The zero-order valence-corrected chi connectivity index (χ0v) is 11.7. The molecule has 1 aromatic heterocycles. The van der Waals surface area contributed by atoms with Crippen molar-refractivity contribution in [1.29, 1.82) is 0 Å². The highest BCUT2D eigenvalue weighted by atomic mass is 19.1. The molecular weight excluding hydrogens is 275 g/mol. The number of hydrogen-bond donors (Lipinski definition) is 2. The van der Waals surface area contributed by atoms with Crippen LogP contribution in [0.25, 0.3) is 0 Å². The second-order valence-corrected chi connectivity index (χ2v) is 5.75. The lowest BCUT2D eigenvalue weighted by atomic mass is 9.91. The molecule has 114 valence electrons. The summed E-state index contributed by atoms with van der Waals surface area (Å²) in [7, 11) is 0. The van der Waals surface area contributed by atoms with Crippen molar-refractivity contribution in [3.63, 3.8) is 0 Å². The highest BCUT2D eigenvalue weighted by molar-refractivity contribution is 5.81. The molecular formula is C14H19FN4O2. The maximum absolute atomic E-state index is 12.8. The smallest absolute Gasteiger partial charge is 0.249 e. The predicted molar refractivity (Wildman–Crippen MR) is 74.1 cm³/mol. The molecule has 2 N–H and O–H groups in total. The molecule has 1 saturated carbocycles. The molecule has 0 bridgehead atoms. The van der Waals surface area contributed by atoms with E-state index in [0.717, 1.165) is 25.2 Å². The molecule has 1 saturated heterocycles. The van der Waals surface area contributed by atoms with Crippen LogP contribution in [-0.4, -0.2) is 46.2 Å². The Morgan fingerprint density at radius 3 is 2.48 bits per heavy atom. The van der Waals surface area contributed by atoms with E-state index in [2.05, 4.69) is 15.3 Å². The third-order valence-electron chi connectivity index (χ3n) is 4.07. The number of piperidine rings is 1. The zero-order chi connectivity index (χ0) is 14.8. The monoisotopic (exact) mass is 294 g/mol. The van der Waals surface area contributed by atoms with Crippen LogP contribution in [0.5, 0.6) is 0 Å². The van der Waals surface area contributed by atoms with Crippen molar-refractivity contribution < 1.29 is 14.3 Å². The summed E-state index contributed by atoms with van der Waals surface area (Å²) in [6.45, 7) is 1.31. The van der Waals surface area contributed by atoms with Crippen LogP contribution in [0.3, 0.4) is 0 Å². The van der Waals surface area contributed by atoms with Crippen molar-refractivity contribution in [2.75, 3.05) is 18.0 Å². The van der Waals surface area contributed by atoms with Crippen molar-refractivity contribution >= 4 is 11.9 Å². The molecule has 2 heterocycles. The largest absolute Gasteiger partial charge is 0.383 e. The number of carbonyl (C=O) groups excluding carboxylic acids is 1. The zero-order valence-electron chi connectivity index (χ0n) is 11.7. The molecule has 21 heavy (non-hydrogen) atoms. The van der Waals surface area contributed by atoms with Gasteiger partial charge in [0.15, 0.2) is 5.82 Å².